The quantitative estimate of drug-likeness (QED) is 0.778. The number of hydrogen-bond donors (Lipinski definition) is 2. The van der Waals surface area contributed by atoms with Gasteiger partial charge in [0.2, 0.25) is 0 Å². The monoisotopic (exact) mass is 382 g/mol. The number of methoxy groups -OCH3 is 2. The fourth-order valence-electron chi connectivity index (χ4n) is 2.03. The van der Waals surface area contributed by atoms with Gasteiger partial charge in [0.15, 0.2) is 0 Å². The number of amides is 2. The lowest BCUT2D eigenvalue weighted by Gasteiger charge is -2.13. The molecule has 0 bridgehead atoms. The molecule has 2 aromatic rings. The molecule has 6 nitrogen and oxygen atoms in total. The number of hydrogen-bond acceptors (Lipinski definition) is 4. The highest BCUT2D eigenvalue weighted by molar-refractivity contribution is 6.40. The normalized spacial score (nSPS) is 10.1. The third-order valence-corrected chi connectivity index (χ3v) is 3.99. The number of carbonyl (C=O) groups is 2. The van der Waals surface area contributed by atoms with Crippen LogP contribution in [-0.2, 0) is 16.1 Å². The van der Waals surface area contributed by atoms with E-state index in [2.05, 4.69) is 10.6 Å². The Kier molecular flexibility index (Phi) is 6.50. The fourth-order valence-corrected chi connectivity index (χ4v) is 2.47. The summed E-state index contributed by atoms with van der Waals surface area (Å²) in [7, 11) is 2.86. The molecule has 0 spiro atoms. The van der Waals surface area contributed by atoms with Crippen LogP contribution < -0.4 is 20.1 Å². The molecule has 0 aromatic heterocycles. The van der Waals surface area contributed by atoms with Crippen LogP contribution in [0.15, 0.2) is 36.4 Å². The zero-order chi connectivity index (χ0) is 18.4. The summed E-state index contributed by atoms with van der Waals surface area (Å²) in [6.45, 7) is 0.132. The predicted molar refractivity (Wildman–Crippen MR) is 96.5 cm³/mol. The Labute approximate surface area is 155 Å². The van der Waals surface area contributed by atoms with Crippen molar-refractivity contribution in [1.29, 1.82) is 0 Å². The van der Waals surface area contributed by atoms with Gasteiger partial charge in [0.05, 0.1) is 24.9 Å². The van der Waals surface area contributed by atoms with E-state index >= 15 is 0 Å². The van der Waals surface area contributed by atoms with Crippen molar-refractivity contribution < 1.29 is 19.1 Å². The number of rotatable bonds is 5. The number of anilines is 1. The third-order valence-electron chi connectivity index (χ3n) is 3.33. The van der Waals surface area contributed by atoms with Crippen molar-refractivity contribution in [3.05, 3.63) is 52.0 Å². The van der Waals surface area contributed by atoms with Crippen LogP contribution in [0.3, 0.4) is 0 Å². The van der Waals surface area contributed by atoms with Crippen LogP contribution in [0.4, 0.5) is 5.69 Å². The van der Waals surface area contributed by atoms with E-state index in [0.717, 1.165) is 0 Å². The van der Waals surface area contributed by atoms with E-state index in [1.54, 1.807) is 24.3 Å². The van der Waals surface area contributed by atoms with Gasteiger partial charge in [-0.15, -0.1) is 0 Å². The molecule has 2 aromatic carbocycles. The first-order valence-electron chi connectivity index (χ1n) is 7.20. The Morgan fingerprint density at radius 2 is 1.64 bits per heavy atom. The van der Waals surface area contributed by atoms with Gasteiger partial charge < -0.3 is 20.1 Å². The van der Waals surface area contributed by atoms with E-state index in [-0.39, 0.29) is 12.2 Å². The van der Waals surface area contributed by atoms with Crippen molar-refractivity contribution in [2.45, 2.75) is 6.54 Å². The molecular weight excluding hydrogens is 367 g/mol. The third kappa shape index (κ3) is 4.78. The first-order chi connectivity index (χ1) is 12.0. The van der Waals surface area contributed by atoms with Gasteiger partial charge in [-0.1, -0.05) is 41.4 Å². The summed E-state index contributed by atoms with van der Waals surface area (Å²) in [4.78, 5) is 24.1. The van der Waals surface area contributed by atoms with Crippen molar-refractivity contribution >= 4 is 40.7 Å². The molecule has 2 amide bonds. The minimum atomic E-state index is -0.852. The summed E-state index contributed by atoms with van der Waals surface area (Å²) in [5, 5.41) is 5.80. The largest absolute Gasteiger partial charge is 0.495 e. The Morgan fingerprint density at radius 1 is 0.960 bits per heavy atom. The van der Waals surface area contributed by atoms with Crippen LogP contribution in [-0.4, -0.2) is 26.0 Å². The molecule has 0 aliphatic rings. The molecule has 0 radical (unpaired) electrons. The highest BCUT2D eigenvalue weighted by Gasteiger charge is 2.18. The van der Waals surface area contributed by atoms with Crippen LogP contribution in [0.25, 0.3) is 0 Å². The van der Waals surface area contributed by atoms with Gasteiger partial charge in [-0.25, -0.2) is 0 Å². The number of carbonyl (C=O) groups excluding carboxylic acids is 2. The summed E-state index contributed by atoms with van der Waals surface area (Å²) in [5.74, 6) is -1.02. The second-order valence-electron chi connectivity index (χ2n) is 4.92. The molecule has 132 valence electrons. The zero-order valence-corrected chi connectivity index (χ0v) is 15.1. The summed E-state index contributed by atoms with van der Waals surface area (Å²) >= 11 is 12.0. The van der Waals surface area contributed by atoms with E-state index in [9.17, 15) is 9.59 Å². The summed E-state index contributed by atoms with van der Waals surface area (Å²) in [6, 6.07) is 9.98. The Hall–Kier alpha value is -2.44. The van der Waals surface area contributed by atoms with Crippen LogP contribution in [0.5, 0.6) is 11.5 Å². The number of nitrogens with one attached hydrogen (secondary N) is 2. The maximum absolute atomic E-state index is 12.1. The van der Waals surface area contributed by atoms with Crippen LogP contribution in [0, 0.1) is 0 Å². The SMILES string of the molecule is COc1cc(NC(=O)C(=O)NCc2ccccc2Cl)c(OC)cc1Cl. The predicted octanol–water partition coefficient (Wildman–Crippen LogP) is 3.27. The number of benzene rings is 2. The van der Waals surface area contributed by atoms with Gasteiger partial charge in [-0.2, -0.15) is 0 Å². The first-order valence-corrected chi connectivity index (χ1v) is 7.96. The molecule has 0 saturated carbocycles. The Morgan fingerprint density at radius 3 is 2.28 bits per heavy atom. The molecule has 2 N–H and O–H groups in total. The minimum absolute atomic E-state index is 0.132. The maximum Gasteiger partial charge on any atom is 0.313 e. The van der Waals surface area contributed by atoms with Gasteiger partial charge in [0.1, 0.15) is 11.5 Å². The zero-order valence-electron chi connectivity index (χ0n) is 13.6. The lowest BCUT2D eigenvalue weighted by Crippen LogP contribution is -2.35. The fraction of sp³-hybridized carbons (Fsp3) is 0.176. The standard InChI is InChI=1S/C17H16Cl2N2O4/c1-24-14-8-13(15(25-2)7-12(14)19)21-17(23)16(22)20-9-10-5-3-4-6-11(10)18/h3-8H,9H2,1-2H3,(H,20,22)(H,21,23). The molecule has 0 aliphatic carbocycles. The summed E-state index contributed by atoms with van der Waals surface area (Å²) < 4.78 is 10.2. The second kappa shape index (κ2) is 8.60. The van der Waals surface area contributed by atoms with Gasteiger partial charge in [0, 0.05) is 23.7 Å². The van der Waals surface area contributed by atoms with Crippen molar-refractivity contribution in [2.75, 3.05) is 19.5 Å². The van der Waals surface area contributed by atoms with Gasteiger partial charge >= 0.3 is 11.8 Å². The van der Waals surface area contributed by atoms with Gasteiger partial charge in [-0.3, -0.25) is 9.59 Å². The smallest absolute Gasteiger partial charge is 0.313 e. The number of ether oxygens (including phenoxy) is 2. The lowest BCUT2D eigenvalue weighted by atomic mass is 10.2. The molecule has 0 aliphatic heterocycles. The molecule has 0 heterocycles. The van der Waals surface area contributed by atoms with Crippen molar-refractivity contribution in [3.63, 3.8) is 0 Å². The van der Waals surface area contributed by atoms with Crippen molar-refractivity contribution in [2.24, 2.45) is 0 Å². The van der Waals surface area contributed by atoms with E-state index in [0.29, 0.717) is 27.1 Å². The second-order valence-corrected chi connectivity index (χ2v) is 5.73. The molecule has 0 fully saturated rings. The molecular formula is C17H16Cl2N2O4. The minimum Gasteiger partial charge on any atom is -0.495 e. The average molecular weight is 383 g/mol. The van der Waals surface area contributed by atoms with Crippen LogP contribution in [0.1, 0.15) is 5.56 Å². The first kappa shape index (κ1) is 18.9. The van der Waals surface area contributed by atoms with Gasteiger partial charge in [0.25, 0.3) is 0 Å². The summed E-state index contributed by atoms with van der Waals surface area (Å²) in [5.41, 5.74) is 0.970. The highest BCUT2D eigenvalue weighted by Crippen LogP contribution is 2.35. The summed E-state index contributed by atoms with van der Waals surface area (Å²) in [6.07, 6.45) is 0. The number of halogens is 2. The maximum atomic E-state index is 12.1. The van der Waals surface area contributed by atoms with Gasteiger partial charge in [-0.05, 0) is 11.6 Å². The average Bonchev–Trinajstić information content (AvgIpc) is 2.61. The van der Waals surface area contributed by atoms with E-state index < -0.39 is 11.8 Å². The van der Waals surface area contributed by atoms with E-state index in [1.807, 2.05) is 0 Å². The van der Waals surface area contributed by atoms with Crippen molar-refractivity contribution in [3.8, 4) is 11.5 Å². The van der Waals surface area contributed by atoms with E-state index in [1.165, 1.54) is 26.4 Å². The molecule has 25 heavy (non-hydrogen) atoms. The molecule has 2 rings (SSSR count). The van der Waals surface area contributed by atoms with Crippen LogP contribution in [0.2, 0.25) is 10.0 Å². The Bertz CT molecular complexity index is 796. The van der Waals surface area contributed by atoms with Crippen molar-refractivity contribution in [1.82, 2.24) is 5.32 Å². The van der Waals surface area contributed by atoms with E-state index in [4.69, 9.17) is 32.7 Å². The molecule has 0 atom stereocenters. The molecule has 0 saturated heterocycles. The molecule has 8 heteroatoms. The lowest BCUT2D eigenvalue weighted by molar-refractivity contribution is -0.136. The van der Waals surface area contributed by atoms with Crippen LogP contribution >= 0.6 is 23.2 Å². The molecule has 0 unspecified atom stereocenters. The highest BCUT2D eigenvalue weighted by atomic mass is 35.5. The Balaban J connectivity index is 2.06. The topological polar surface area (TPSA) is 76.7 Å².